The van der Waals surface area contributed by atoms with Crippen molar-refractivity contribution in [2.45, 2.75) is 52.2 Å². The Labute approximate surface area is 111 Å². The first-order chi connectivity index (χ1) is 8.54. The number of nitrogens with zero attached hydrogens (tertiary/aromatic N) is 2. The lowest BCUT2D eigenvalue weighted by Gasteiger charge is -2.22. The summed E-state index contributed by atoms with van der Waals surface area (Å²) in [6, 6.07) is 0.0354. The Bertz CT molecular complexity index is 336. The number of hydrogen-bond acceptors (Lipinski definition) is 3. The van der Waals surface area contributed by atoms with E-state index in [-0.39, 0.29) is 12.1 Å². The lowest BCUT2D eigenvalue weighted by Crippen LogP contribution is -2.29. The van der Waals surface area contributed by atoms with Crippen molar-refractivity contribution in [1.82, 2.24) is 9.78 Å². The molecule has 1 aromatic rings. The van der Waals surface area contributed by atoms with Gasteiger partial charge in [0.1, 0.15) is 6.10 Å². The summed E-state index contributed by atoms with van der Waals surface area (Å²) in [5.74, 6) is 0.727. The van der Waals surface area contributed by atoms with E-state index >= 15 is 0 Å². The van der Waals surface area contributed by atoms with Crippen molar-refractivity contribution < 1.29 is 4.74 Å². The fourth-order valence-corrected chi connectivity index (χ4v) is 1.97. The highest BCUT2D eigenvalue weighted by molar-refractivity contribution is 5.10. The zero-order valence-corrected chi connectivity index (χ0v) is 12.1. The molecule has 0 bridgehead atoms. The Balaban J connectivity index is 2.51. The van der Waals surface area contributed by atoms with Gasteiger partial charge in [0.25, 0.3) is 0 Å². The zero-order valence-electron chi connectivity index (χ0n) is 12.1. The highest BCUT2D eigenvalue weighted by Gasteiger charge is 2.20. The maximum atomic E-state index is 6.14. The highest BCUT2D eigenvalue weighted by atomic mass is 16.5. The van der Waals surface area contributed by atoms with Gasteiger partial charge in [-0.1, -0.05) is 20.8 Å². The summed E-state index contributed by atoms with van der Waals surface area (Å²) >= 11 is 0. The van der Waals surface area contributed by atoms with Gasteiger partial charge in [-0.3, -0.25) is 4.68 Å². The van der Waals surface area contributed by atoms with Crippen LogP contribution in [0.25, 0.3) is 0 Å². The van der Waals surface area contributed by atoms with Gasteiger partial charge < -0.3 is 10.5 Å². The largest absolute Gasteiger partial charge is 0.372 e. The Hall–Kier alpha value is -0.870. The minimum Gasteiger partial charge on any atom is -0.372 e. The third-order valence-corrected chi connectivity index (χ3v) is 3.14. The van der Waals surface area contributed by atoms with E-state index in [0.29, 0.717) is 0 Å². The molecule has 0 amide bonds. The molecule has 4 heteroatoms. The lowest BCUT2D eigenvalue weighted by molar-refractivity contribution is 0.0301. The second-order valence-corrected chi connectivity index (χ2v) is 5.35. The summed E-state index contributed by atoms with van der Waals surface area (Å²) in [7, 11) is 1.91. The molecular formula is C14H27N3O. The molecule has 2 atom stereocenters. The monoisotopic (exact) mass is 253 g/mol. The van der Waals surface area contributed by atoms with Gasteiger partial charge >= 0.3 is 0 Å². The van der Waals surface area contributed by atoms with Crippen LogP contribution in [-0.2, 0) is 11.8 Å². The fraction of sp³-hybridized carbons (Fsp3) is 0.786. The quantitative estimate of drug-likeness (QED) is 0.725. The smallest absolute Gasteiger partial charge is 0.101 e. The first kappa shape index (κ1) is 15.2. The van der Waals surface area contributed by atoms with Crippen LogP contribution >= 0.6 is 0 Å². The van der Waals surface area contributed by atoms with Gasteiger partial charge in [0, 0.05) is 31.5 Å². The Morgan fingerprint density at radius 2 is 2.17 bits per heavy atom. The third kappa shape index (κ3) is 4.78. The molecule has 0 aromatic carbocycles. The van der Waals surface area contributed by atoms with Crippen molar-refractivity contribution in [3.63, 3.8) is 0 Å². The van der Waals surface area contributed by atoms with Gasteiger partial charge in [-0.05, 0) is 25.2 Å². The lowest BCUT2D eigenvalue weighted by atomic mass is 10.0. The Morgan fingerprint density at radius 1 is 1.44 bits per heavy atom. The molecule has 0 spiro atoms. The van der Waals surface area contributed by atoms with Crippen LogP contribution in [0.1, 0.15) is 51.7 Å². The van der Waals surface area contributed by atoms with Crippen LogP contribution in [-0.4, -0.2) is 22.4 Å². The van der Waals surface area contributed by atoms with E-state index in [1.54, 1.807) is 4.68 Å². The SMILES string of the molecule is CCC(N)C(OCCCC(C)C)c1cnn(C)c1. The molecule has 18 heavy (non-hydrogen) atoms. The summed E-state index contributed by atoms with van der Waals surface area (Å²) < 4.78 is 7.76. The number of ether oxygens (including phenoxy) is 1. The maximum Gasteiger partial charge on any atom is 0.101 e. The molecule has 0 aliphatic carbocycles. The van der Waals surface area contributed by atoms with Crippen LogP contribution in [0.3, 0.4) is 0 Å². The van der Waals surface area contributed by atoms with Gasteiger partial charge in [-0.25, -0.2) is 0 Å². The average molecular weight is 253 g/mol. The normalized spacial score (nSPS) is 15.0. The van der Waals surface area contributed by atoms with Crippen LogP contribution < -0.4 is 5.73 Å². The van der Waals surface area contributed by atoms with E-state index < -0.39 is 0 Å². The van der Waals surface area contributed by atoms with E-state index in [1.165, 1.54) is 6.42 Å². The fourth-order valence-electron chi connectivity index (χ4n) is 1.97. The Kier molecular flexibility index (Phi) is 6.36. The molecule has 4 nitrogen and oxygen atoms in total. The van der Waals surface area contributed by atoms with Crippen LogP contribution in [0.4, 0.5) is 0 Å². The van der Waals surface area contributed by atoms with E-state index in [1.807, 2.05) is 19.4 Å². The van der Waals surface area contributed by atoms with Gasteiger partial charge in [-0.15, -0.1) is 0 Å². The molecule has 2 unspecified atom stereocenters. The van der Waals surface area contributed by atoms with Crippen LogP contribution in [0.5, 0.6) is 0 Å². The minimum atomic E-state index is -0.0316. The van der Waals surface area contributed by atoms with Crippen LogP contribution in [0.2, 0.25) is 0 Å². The van der Waals surface area contributed by atoms with Gasteiger partial charge in [0.05, 0.1) is 6.20 Å². The van der Waals surface area contributed by atoms with Crippen molar-refractivity contribution in [3.05, 3.63) is 18.0 Å². The molecule has 0 radical (unpaired) electrons. The van der Waals surface area contributed by atoms with Gasteiger partial charge in [0.2, 0.25) is 0 Å². The van der Waals surface area contributed by atoms with Crippen molar-refractivity contribution in [3.8, 4) is 0 Å². The van der Waals surface area contributed by atoms with Gasteiger partial charge in [0.15, 0.2) is 0 Å². The summed E-state index contributed by atoms with van der Waals surface area (Å²) in [6.45, 7) is 7.32. The standard InChI is InChI=1S/C14H27N3O/c1-5-13(15)14(12-9-16-17(4)10-12)18-8-6-7-11(2)3/h9-11,13-14H,5-8,15H2,1-4H3. The average Bonchev–Trinajstić information content (AvgIpc) is 2.74. The molecule has 0 aliphatic rings. The molecule has 0 saturated carbocycles. The van der Waals surface area contributed by atoms with Crippen molar-refractivity contribution in [2.24, 2.45) is 18.7 Å². The third-order valence-electron chi connectivity index (χ3n) is 3.14. The topological polar surface area (TPSA) is 53.1 Å². The molecule has 1 aromatic heterocycles. The van der Waals surface area contributed by atoms with Crippen molar-refractivity contribution in [2.75, 3.05) is 6.61 Å². The molecule has 0 aliphatic heterocycles. The first-order valence-electron chi connectivity index (χ1n) is 6.90. The molecule has 1 rings (SSSR count). The minimum absolute atomic E-state index is 0.0316. The number of rotatable bonds is 8. The Morgan fingerprint density at radius 3 is 2.67 bits per heavy atom. The maximum absolute atomic E-state index is 6.14. The second-order valence-electron chi connectivity index (χ2n) is 5.35. The number of aromatic nitrogens is 2. The molecule has 0 fully saturated rings. The predicted octanol–water partition coefficient (Wildman–Crippen LogP) is 2.65. The van der Waals surface area contributed by atoms with E-state index in [2.05, 4.69) is 25.9 Å². The summed E-state index contributed by atoms with van der Waals surface area (Å²) in [4.78, 5) is 0. The van der Waals surface area contributed by atoms with Gasteiger partial charge in [-0.2, -0.15) is 5.10 Å². The second kappa shape index (κ2) is 7.54. The van der Waals surface area contributed by atoms with E-state index in [9.17, 15) is 0 Å². The van der Waals surface area contributed by atoms with Crippen molar-refractivity contribution in [1.29, 1.82) is 0 Å². The molecule has 1 heterocycles. The van der Waals surface area contributed by atoms with Crippen molar-refractivity contribution >= 4 is 0 Å². The zero-order chi connectivity index (χ0) is 13.5. The van der Waals surface area contributed by atoms with Crippen LogP contribution in [0.15, 0.2) is 12.4 Å². The summed E-state index contributed by atoms with van der Waals surface area (Å²) in [6.07, 6.45) is 7.00. The molecule has 2 N–H and O–H groups in total. The first-order valence-corrected chi connectivity index (χ1v) is 6.90. The summed E-state index contributed by atoms with van der Waals surface area (Å²) in [5, 5.41) is 4.19. The number of nitrogens with two attached hydrogens (primary N) is 1. The van der Waals surface area contributed by atoms with E-state index in [4.69, 9.17) is 10.5 Å². The van der Waals surface area contributed by atoms with E-state index in [0.717, 1.165) is 30.9 Å². The molecule has 0 saturated heterocycles. The summed E-state index contributed by atoms with van der Waals surface area (Å²) in [5.41, 5.74) is 7.22. The number of aryl methyl sites for hydroxylation is 1. The number of hydrogen-bond donors (Lipinski definition) is 1. The molecular weight excluding hydrogens is 226 g/mol. The van der Waals surface area contributed by atoms with Crippen LogP contribution in [0, 0.1) is 5.92 Å². The molecule has 104 valence electrons. The predicted molar refractivity (Wildman–Crippen MR) is 74.2 cm³/mol. The highest BCUT2D eigenvalue weighted by Crippen LogP contribution is 2.22.